The van der Waals surface area contributed by atoms with Crippen LogP contribution in [0, 0.1) is 30.9 Å². The fourth-order valence-electron chi connectivity index (χ4n) is 4.07. The van der Waals surface area contributed by atoms with E-state index in [1.54, 1.807) is 26.0 Å². The van der Waals surface area contributed by atoms with Crippen LogP contribution in [0.25, 0.3) is 5.76 Å². The number of anilines is 1. The number of aromatic nitrogens is 1. The summed E-state index contributed by atoms with van der Waals surface area (Å²) in [6, 6.07) is 9.68. The molecule has 9 nitrogen and oxygen atoms in total. The van der Waals surface area contributed by atoms with Crippen LogP contribution in [0.15, 0.2) is 48.0 Å². The van der Waals surface area contributed by atoms with Gasteiger partial charge in [-0.3, -0.25) is 29.4 Å². The molecule has 0 spiro atoms. The van der Waals surface area contributed by atoms with E-state index in [1.807, 2.05) is 13.0 Å². The third-order valence-electron chi connectivity index (χ3n) is 5.82. The average molecular weight is 492 g/mol. The molecule has 1 saturated heterocycles. The van der Waals surface area contributed by atoms with Gasteiger partial charge >= 0.3 is 5.91 Å². The van der Waals surface area contributed by atoms with E-state index in [-0.39, 0.29) is 27.9 Å². The molecule has 1 unspecified atom stereocenters. The topological polar surface area (TPSA) is 131 Å². The lowest BCUT2D eigenvalue weighted by atomic mass is 9.93. The molecule has 1 amide bonds. The predicted octanol–water partition coefficient (Wildman–Crippen LogP) is 4.81. The van der Waals surface area contributed by atoms with Gasteiger partial charge in [0.2, 0.25) is 0 Å². The lowest BCUT2D eigenvalue weighted by molar-refractivity contribution is -0.384. The number of benzene rings is 2. The van der Waals surface area contributed by atoms with Crippen molar-refractivity contribution in [3.8, 4) is 0 Å². The van der Waals surface area contributed by atoms with Crippen LogP contribution in [0.1, 0.15) is 50.6 Å². The summed E-state index contributed by atoms with van der Waals surface area (Å²) in [6.07, 6.45) is 0. The number of ketones is 2. The Morgan fingerprint density at radius 3 is 2.34 bits per heavy atom. The van der Waals surface area contributed by atoms with Gasteiger partial charge in [0.1, 0.15) is 5.76 Å². The quantitative estimate of drug-likeness (QED) is 0.135. The van der Waals surface area contributed by atoms with Crippen molar-refractivity contribution in [2.45, 2.75) is 33.7 Å². The predicted molar refractivity (Wildman–Crippen MR) is 131 cm³/mol. The Bertz CT molecular complexity index is 1440. The number of aliphatic hydroxyl groups is 1. The molecule has 3 aromatic rings. The summed E-state index contributed by atoms with van der Waals surface area (Å²) in [6.45, 7) is 6.62. The molecule has 0 bridgehead atoms. The van der Waals surface area contributed by atoms with E-state index in [0.29, 0.717) is 27.3 Å². The van der Waals surface area contributed by atoms with Crippen LogP contribution in [0.4, 0.5) is 10.8 Å². The van der Waals surface area contributed by atoms with E-state index in [1.165, 1.54) is 31.2 Å². The Labute approximate surface area is 204 Å². The second-order valence-corrected chi connectivity index (χ2v) is 9.28. The molecule has 0 radical (unpaired) electrons. The highest BCUT2D eigenvalue weighted by Crippen LogP contribution is 2.44. The smallest absolute Gasteiger partial charge is 0.301 e. The number of amides is 1. The third kappa shape index (κ3) is 4.12. The van der Waals surface area contributed by atoms with Crippen molar-refractivity contribution in [2.75, 3.05) is 4.90 Å². The zero-order valence-electron chi connectivity index (χ0n) is 19.4. The minimum absolute atomic E-state index is 0.123. The highest BCUT2D eigenvalue weighted by atomic mass is 32.1. The first-order chi connectivity index (χ1) is 16.5. The van der Waals surface area contributed by atoms with Crippen molar-refractivity contribution in [1.82, 2.24) is 4.98 Å². The van der Waals surface area contributed by atoms with Gasteiger partial charge in [0.25, 0.3) is 11.5 Å². The number of nitrogens with zero attached hydrogens (tertiary/aromatic N) is 3. The summed E-state index contributed by atoms with van der Waals surface area (Å²) in [5.41, 5.74) is 2.41. The average Bonchev–Trinajstić information content (AvgIpc) is 3.32. The highest BCUT2D eigenvalue weighted by molar-refractivity contribution is 7.18. The summed E-state index contributed by atoms with van der Waals surface area (Å²) < 4.78 is 0. The van der Waals surface area contributed by atoms with Gasteiger partial charge < -0.3 is 5.11 Å². The van der Waals surface area contributed by atoms with Crippen molar-refractivity contribution in [3.05, 3.63) is 91.0 Å². The molecule has 1 aliphatic heterocycles. The van der Waals surface area contributed by atoms with Crippen LogP contribution in [-0.2, 0) is 9.59 Å². The molecule has 35 heavy (non-hydrogen) atoms. The van der Waals surface area contributed by atoms with E-state index in [0.717, 1.165) is 21.8 Å². The lowest BCUT2D eigenvalue weighted by Gasteiger charge is -2.23. The first-order valence-corrected chi connectivity index (χ1v) is 11.4. The van der Waals surface area contributed by atoms with Gasteiger partial charge in [0.05, 0.1) is 27.1 Å². The number of rotatable bonds is 5. The van der Waals surface area contributed by atoms with Gasteiger partial charge in [0, 0.05) is 24.6 Å². The van der Waals surface area contributed by atoms with Crippen LogP contribution in [0.5, 0.6) is 0 Å². The summed E-state index contributed by atoms with van der Waals surface area (Å²) >= 11 is 0.972. The fourth-order valence-corrected chi connectivity index (χ4v) is 5.06. The number of aryl methyl sites for hydroxylation is 3. The van der Waals surface area contributed by atoms with Crippen molar-refractivity contribution in [2.24, 2.45) is 0 Å². The molecule has 2 aromatic carbocycles. The normalized spacial score (nSPS) is 17.1. The molecule has 178 valence electrons. The maximum absolute atomic E-state index is 13.3. The Balaban J connectivity index is 1.98. The molecule has 1 aromatic heterocycles. The van der Waals surface area contributed by atoms with E-state index < -0.39 is 22.7 Å². The molecule has 1 fully saturated rings. The van der Waals surface area contributed by atoms with E-state index in [4.69, 9.17) is 0 Å². The van der Waals surface area contributed by atoms with Crippen LogP contribution >= 0.6 is 11.3 Å². The standard InChI is InChI=1S/C25H21N3O6S/c1-12-5-6-13(2)18(11-12)21(30)19-20(16-7-9-17(10-8-16)28(33)34)27(24(32)22(19)31)25-26-14(3)23(35-25)15(4)29/h5-11,20,30H,1-4H3. The second-order valence-electron chi connectivity index (χ2n) is 8.30. The van der Waals surface area contributed by atoms with Gasteiger partial charge in [-0.25, -0.2) is 4.98 Å². The molecule has 4 rings (SSSR count). The minimum Gasteiger partial charge on any atom is -0.507 e. The van der Waals surface area contributed by atoms with Crippen LogP contribution in [0.3, 0.4) is 0 Å². The van der Waals surface area contributed by atoms with Crippen molar-refractivity contribution in [3.63, 3.8) is 0 Å². The van der Waals surface area contributed by atoms with Gasteiger partial charge in [-0.05, 0) is 50.1 Å². The first kappa shape index (κ1) is 24.0. The maximum atomic E-state index is 13.3. The molecular formula is C25H21N3O6S. The Hall–Kier alpha value is -4.18. The van der Waals surface area contributed by atoms with Gasteiger partial charge in [-0.2, -0.15) is 0 Å². The molecule has 0 aliphatic carbocycles. The number of hydrogen-bond acceptors (Lipinski definition) is 8. The number of thiazole rings is 1. The summed E-state index contributed by atoms with van der Waals surface area (Å²) in [7, 11) is 0. The number of nitro benzene ring substituents is 1. The van der Waals surface area contributed by atoms with Crippen LogP contribution < -0.4 is 4.90 Å². The number of carbonyl (C=O) groups excluding carboxylic acids is 3. The third-order valence-corrected chi connectivity index (χ3v) is 7.08. The summed E-state index contributed by atoms with van der Waals surface area (Å²) in [5, 5.41) is 22.6. The molecule has 1 N–H and O–H groups in total. The molecule has 0 saturated carbocycles. The van der Waals surface area contributed by atoms with Crippen LogP contribution in [-0.4, -0.2) is 32.5 Å². The SMILES string of the molecule is CC(=O)c1sc(N2C(=O)C(=O)C(=C(O)c3cc(C)ccc3C)C2c2ccc([N+](=O)[O-])cc2)nc1C. The van der Waals surface area contributed by atoms with Crippen molar-refractivity contribution >= 4 is 45.4 Å². The summed E-state index contributed by atoms with van der Waals surface area (Å²) in [4.78, 5) is 55.0. The Kier molecular flexibility index (Phi) is 6.08. The number of hydrogen-bond donors (Lipinski definition) is 1. The lowest BCUT2D eigenvalue weighted by Crippen LogP contribution is -2.29. The second kappa shape index (κ2) is 8.88. The Morgan fingerprint density at radius 1 is 1.11 bits per heavy atom. The summed E-state index contributed by atoms with van der Waals surface area (Å²) in [5.74, 6) is -2.41. The number of Topliss-reactive ketones (excluding diaryl/α,β-unsaturated/α-hetero) is 2. The van der Waals surface area contributed by atoms with E-state index >= 15 is 0 Å². The molecule has 10 heteroatoms. The maximum Gasteiger partial charge on any atom is 0.301 e. The number of aliphatic hydroxyl groups excluding tert-OH is 1. The molecule has 2 heterocycles. The van der Waals surface area contributed by atoms with Crippen molar-refractivity contribution in [1.29, 1.82) is 0 Å². The van der Waals surface area contributed by atoms with Gasteiger partial charge in [-0.1, -0.05) is 29.0 Å². The van der Waals surface area contributed by atoms with Gasteiger partial charge in [0.15, 0.2) is 10.9 Å². The zero-order chi connectivity index (χ0) is 25.6. The molecular weight excluding hydrogens is 470 g/mol. The monoisotopic (exact) mass is 491 g/mol. The number of nitro groups is 1. The minimum atomic E-state index is -1.10. The number of non-ortho nitro benzene ring substituents is 1. The van der Waals surface area contributed by atoms with Crippen LogP contribution in [0.2, 0.25) is 0 Å². The number of carbonyl (C=O) groups is 3. The largest absolute Gasteiger partial charge is 0.507 e. The molecule has 1 atom stereocenters. The molecule has 1 aliphatic rings. The van der Waals surface area contributed by atoms with E-state index in [2.05, 4.69) is 4.98 Å². The van der Waals surface area contributed by atoms with E-state index in [9.17, 15) is 29.6 Å². The van der Waals surface area contributed by atoms with Crippen molar-refractivity contribution < 1.29 is 24.4 Å². The van der Waals surface area contributed by atoms with Gasteiger partial charge in [-0.15, -0.1) is 0 Å². The zero-order valence-corrected chi connectivity index (χ0v) is 20.2. The highest BCUT2D eigenvalue weighted by Gasteiger charge is 2.48. The Morgan fingerprint density at radius 2 is 1.77 bits per heavy atom. The fraction of sp³-hybridized carbons (Fsp3) is 0.200. The first-order valence-electron chi connectivity index (χ1n) is 10.6.